The molecule has 0 amide bonds. The summed E-state index contributed by atoms with van der Waals surface area (Å²) < 4.78 is 0. The highest BCUT2D eigenvalue weighted by Crippen LogP contribution is 2.43. The highest BCUT2D eigenvalue weighted by Gasteiger charge is 2.20. The van der Waals surface area contributed by atoms with Crippen LogP contribution < -0.4 is 4.90 Å². The van der Waals surface area contributed by atoms with Gasteiger partial charge < -0.3 is 4.90 Å². The van der Waals surface area contributed by atoms with E-state index in [0.717, 1.165) is 19.3 Å². The Hall–Kier alpha value is -6.18. The van der Waals surface area contributed by atoms with Crippen molar-refractivity contribution in [1.82, 2.24) is 0 Å². The van der Waals surface area contributed by atoms with Gasteiger partial charge in [0.1, 0.15) is 0 Å². The maximum Gasteiger partial charge on any atom is 0.0488 e. The van der Waals surface area contributed by atoms with E-state index in [1.165, 1.54) is 89.3 Å². The van der Waals surface area contributed by atoms with Crippen LogP contribution in [-0.4, -0.2) is 7.05 Å². The van der Waals surface area contributed by atoms with Crippen molar-refractivity contribution < 1.29 is 0 Å². The van der Waals surface area contributed by atoms with E-state index >= 15 is 0 Å². The predicted octanol–water partition coefficient (Wildman–Crippen LogP) is 14.1. The van der Waals surface area contributed by atoms with Crippen molar-refractivity contribution in [3.63, 3.8) is 0 Å². The smallest absolute Gasteiger partial charge is 0.0488 e. The van der Waals surface area contributed by atoms with Crippen molar-refractivity contribution in [3.8, 4) is 44.5 Å². The topological polar surface area (TPSA) is 3.24 Å². The van der Waals surface area contributed by atoms with Gasteiger partial charge in [0.05, 0.1) is 0 Å². The second kappa shape index (κ2) is 15.2. The molecule has 0 fully saturated rings. The van der Waals surface area contributed by atoms with E-state index in [2.05, 4.69) is 208 Å². The lowest BCUT2D eigenvalue weighted by Crippen LogP contribution is -2.12. The quantitative estimate of drug-likeness (QED) is 0.146. The number of benzene rings is 7. The van der Waals surface area contributed by atoms with Gasteiger partial charge in [-0.3, -0.25) is 0 Å². The van der Waals surface area contributed by atoms with E-state index < -0.39 is 0 Å². The lowest BCUT2D eigenvalue weighted by molar-refractivity contribution is 1.02. The third kappa shape index (κ3) is 7.04. The molecule has 0 unspecified atom stereocenters. The minimum Gasteiger partial charge on any atom is -0.344 e. The molecular weight excluding hydrogens is 639 g/mol. The summed E-state index contributed by atoms with van der Waals surface area (Å²) in [5.74, 6) is 0. The Labute approximate surface area is 315 Å². The molecule has 258 valence electrons. The molecule has 0 aliphatic heterocycles. The molecule has 8 rings (SSSR count). The fraction of sp³-hybridized carbons (Fsp3) is 0.115. The molecule has 0 aromatic heterocycles. The lowest BCUT2D eigenvalue weighted by atomic mass is 9.86. The van der Waals surface area contributed by atoms with Gasteiger partial charge in [-0.2, -0.15) is 0 Å². The van der Waals surface area contributed by atoms with Crippen LogP contribution in [-0.2, 0) is 6.42 Å². The lowest BCUT2D eigenvalue weighted by Gasteiger charge is -2.27. The normalized spacial score (nSPS) is 12.6. The largest absolute Gasteiger partial charge is 0.344 e. The Morgan fingerprint density at radius 1 is 0.415 bits per heavy atom. The van der Waals surface area contributed by atoms with Gasteiger partial charge in [0.2, 0.25) is 0 Å². The van der Waals surface area contributed by atoms with Gasteiger partial charge in [-0.15, -0.1) is 0 Å². The highest BCUT2D eigenvalue weighted by molar-refractivity contribution is 5.92. The van der Waals surface area contributed by atoms with Crippen molar-refractivity contribution in [2.45, 2.75) is 33.1 Å². The van der Waals surface area contributed by atoms with Crippen LogP contribution in [0.5, 0.6) is 0 Å². The number of allylic oxidation sites excluding steroid dienone is 4. The zero-order chi connectivity index (χ0) is 36.1. The Kier molecular flexibility index (Phi) is 9.73. The Morgan fingerprint density at radius 2 is 0.925 bits per heavy atom. The molecule has 0 spiro atoms. The average molecular weight is 684 g/mol. The van der Waals surface area contributed by atoms with E-state index in [1.807, 2.05) is 0 Å². The molecule has 0 radical (unpaired) electrons. The first kappa shape index (κ1) is 33.9. The molecule has 0 atom stereocenters. The van der Waals surface area contributed by atoms with Crippen molar-refractivity contribution >= 4 is 16.9 Å². The van der Waals surface area contributed by atoms with Gasteiger partial charge in [-0.1, -0.05) is 158 Å². The Balaban J connectivity index is 1.24. The molecule has 7 aromatic carbocycles. The average Bonchev–Trinajstić information content (AvgIpc) is 3.22. The molecule has 1 aliphatic carbocycles. The molecule has 1 heteroatoms. The maximum absolute atomic E-state index is 2.42. The van der Waals surface area contributed by atoms with Gasteiger partial charge in [0.15, 0.2) is 0 Å². The van der Waals surface area contributed by atoms with Crippen LogP contribution in [0.15, 0.2) is 188 Å². The SMILES string of the molecule is CC1=CCCC=C1c1ccccc1Cc1ccccc1-c1ccccc1N(C)c1ccc(-c2ccccc2)cc1-c1cc(-c2ccccc2)ccc1C. The van der Waals surface area contributed by atoms with Crippen molar-refractivity contribution in [2.75, 3.05) is 11.9 Å². The monoisotopic (exact) mass is 683 g/mol. The molecule has 53 heavy (non-hydrogen) atoms. The minimum absolute atomic E-state index is 0.859. The number of hydrogen-bond acceptors (Lipinski definition) is 1. The molecule has 0 saturated heterocycles. The molecule has 1 nitrogen and oxygen atoms in total. The van der Waals surface area contributed by atoms with Crippen molar-refractivity contribution in [2.24, 2.45) is 0 Å². The number of para-hydroxylation sites is 1. The minimum atomic E-state index is 0.859. The summed E-state index contributed by atoms with van der Waals surface area (Å²) in [5.41, 5.74) is 20.2. The maximum atomic E-state index is 2.42. The van der Waals surface area contributed by atoms with Crippen molar-refractivity contribution in [3.05, 3.63) is 210 Å². The molecular formula is C52H45N. The van der Waals surface area contributed by atoms with Gasteiger partial charge in [-0.05, 0) is 124 Å². The molecule has 0 heterocycles. The summed E-state index contributed by atoms with van der Waals surface area (Å²) >= 11 is 0. The summed E-state index contributed by atoms with van der Waals surface area (Å²) in [6.45, 7) is 4.48. The van der Waals surface area contributed by atoms with Crippen LogP contribution in [0.1, 0.15) is 42.0 Å². The van der Waals surface area contributed by atoms with Crippen LogP contribution in [0.3, 0.4) is 0 Å². The van der Waals surface area contributed by atoms with E-state index in [-0.39, 0.29) is 0 Å². The summed E-state index contributed by atoms with van der Waals surface area (Å²) in [4.78, 5) is 2.39. The highest BCUT2D eigenvalue weighted by atomic mass is 15.1. The molecule has 7 aromatic rings. The number of hydrogen-bond donors (Lipinski definition) is 0. The van der Waals surface area contributed by atoms with E-state index in [9.17, 15) is 0 Å². The molecule has 0 saturated carbocycles. The first-order valence-electron chi connectivity index (χ1n) is 18.8. The second-order valence-corrected chi connectivity index (χ2v) is 14.1. The fourth-order valence-electron chi connectivity index (χ4n) is 7.90. The van der Waals surface area contributed by atoms with Crippen LogP contribution in [0.2, 0.25) is 0 Å². The molecule has 0 N–H and O–H groups in total. The zero-order valence-electron chi connectivity index (χ0n) is 30.9. The zero-order valence-corrected chi connectivity index (χ0v) is 30.9. The first-order chi connectivity index (χ1) is 26.0. The van der Waals surface area contributed by atoms with Crippen molar-refractivity contribution in [1.29, 1.82) is 0 Å². The van der Waals surface area contributed by atoms with Gasteiger partial charge >= 0.3 is 0 Å². The third-order valence-electron chi connectivity index (χ3n) is 10.8. The van der Waals surface area contributed by atoms with Gasteiger partial charge in [0.25, 0.3) is 0 Å². The molecule has 1 aliphatic rings. The number of rotatable bonds is 9. The summed E-state index contributed by atoms with van der Waals surface area (Å²) in [6.07, 6.45) is 7.88. The van der Waals surface area contributed by atoms with Gasteiger partial charge in [0, 0.05) is 29.5 Å². The van der Waals surface area contributed by atoms with E-state index in [0.29, 0.717) is 0 Å². The standard InChI is InChI=1S/C52H45N/c1-37-18-10-13-25-45(37)46-26-14-11-23-43(46)34-44-24-12-15-27-47(44)48-28-16-17-29-51(48)53(3)52-33-32-42(40-21-8-5-9-22-40)36-50(52)49-35-41(31-30-38(49)2)39-19-6-4-7-20-39/h4-9,11-12,14-33,35-36H,10,13,34H2,1-3H3. The number of aryl methyl sites for hydroxylation is 1. The van der Waals surface area contributed by atoms with Crippen LogP contribution >= 0.6 is 0 Å². The Morgan fingerprint density at radius 3 is 1.60 bits per heavy atom. The summed E-state index contributed by atoms with van der Waals surface area (Å²) in [5, 5.41) is 0. The van der Waals surface area contributed by atoms with E-state index in [4.69, 9.17) is 0 Å². The Bertz CT molecular complexity index is 2450. The fourth-order valence-corrected chi connectivity index (χ4v) is 7.90. The molecule has 0 bridgehead atoms. The third-order valence-corrected chi connectivity index (χ3v) is 10.8. The van der Waals surface area contributed by atoms with E-state index in [1.54, 1.807) is 0 Å². The first-order valence-corrected chi connectivity index (χ1v) is 18.8. The van der Waals surface area contributed by atoms with Gasteiger partial charge in [-0.25, -0.2) is 0 Å². The van der Waals surface area contributed by atoms with Crippen LogP contribution in [0.25, 0.3) is 50.1 Å². The van der Waals surface area contributed by atoms with Crippen LogP contribution in [0.4, 0.5) is 11.4 Å². The predicted molar refractivity (Wildman–Crippen MR) is 228 cm³/mol. The second-order valence-electron chi connectivity index (χ2n) is 14.1. The van der Waals surface area contributed by atoms with Crippen LogP contribution in [0, 0.1) is 6.92 Å². The number of nitrogens with zero attached hydrogens (tertiary/aromatic N) is 1. The summed E-state index contributed by atoms with van der Waals surface area (Å²) in [7, 11) is 2.22. The number of anilines is 2. The summed E-state index contributed by atoms with van der Waals surface area (Å²) in [6, 6.07) is 62.0.